The Morgan fingerprint density at radius 2 is 1.49 bits per heavy atom. The van der Waals surface area contributed by atoms with Crippen LogP contribution in [0.4, 0.5) is 13.2 Å². The lowest BCUT2D eigenvalue weighted by atomic mass is 9.97. The van der Waals surface area contributed by atoms with Crippen molar-refractivity contribution in [3.05, 3.63) is 125 Å². The molecular formula is C34H30F3N3O3. The molecule has 220 valence electrons. The number of alkyl halides is 3. The van der Waals surface area contributed by atoms with Crippen molar-refractivity contribution in [3.63, 3.8) is 0 Å². The summed E-state index contributed by atoms with van der Waals surface area (Å²) in [5, 5.41) is 7.58. The number of aryl methyl sites for hydroxylation is 1. The maximum Gasteiger partial charge on any atom is 0.412 e. The van der Waals surface area contributed by atoms with Gasteiger partial charge < -0.3 is 5.32 Å². The molecule has 1 amide bonds. The zero-order chi connectivity index (χ0) is 31.1. The summed E-state index contributed by atoms with van der Waals surface area (Å²) in [7, 11) is 0. The van der Waals surface area contributed by atoms with Gasteiger partial charge in [0.1, 0.15) is 0 Å². The van der Waals surface area contributed by atoms with Crippen LogP contribution in [0.15, 0.2) is 97.1 Å². The Morgan fingerprint density at radius 3 is 2.12 bits per heavy atom. The summed E-state index contributed by atoms with van der Waals surface area (Å²) in [5.41, 5.74) is 5.76. The third-order valence-electron chi connectivity index (χ3n) is 7.10. The first-order valence-electron chi connectivity index (χ1n) is 13.6. The number of amides is 1. The smallest absolute Gasteiger partial charge is 0.337 e. The fraction of sp³-hybridized carbons (Fsp3) is 0.206. The molecule has 5 rings (SSSR count). The first kappa shape index (κ1) is 30.9. The molecule has 1 aromatic heterocycles. The first-order chi connectivity index (χ1) is 20.5. The highest BCUT2D eigenvalue weighted by molar-refractivity contribution is 5.98. The van der Waals surface area contributed by atoms with E-state index in [0.29, 0.717) is 12.2 Å². The maximum absolute atomic E-state index is 14.0. The Balaban J connectivity index is 0.00000135. The molecule has 1 heterocycles. The second-order valence-corrected chi connectivity index (χ2v) is 10.4. The lowest BCUT2D eigenvalue weighted by Crippen LogP contribution is -2.38. The van der Waals surface area contributed by atoms with Gasteiger partial charge >= 0.3 is 12.3 Å². The molecule has 9 heteroatoms. The van der Waals surface area contributed by atoms with Crippen molar-refractivity contribution in [2.45, 2.75) is 45.5 Å². The quantitative estimate of drug-likeness (QED) is 0.213. The minimum Gasteiger partial charge on any atom is -0.337 e. The maximum atomic E-state index is 14.0. The van der Waals surface area contributed by atoms with Gasteiger partial charge in [-0.25, -0.2) is 0 Å². The van der Waals surface area contributed by atoms with Crippen LogP contribution in [-0.2, 0) is 16.1 Å². The van der Waals surface area contributed by atoms with E-state index in [4.69, 9.17) is 9.59 Å². The van der Waals surface area contributed by atoms with E-state index in [0.717, 1.165) is 33.2 Å². The van der Waals surface area contributed by atoms with Crippen LogP contribution in [0.2, 0.25) is 0 Å². The second kappa shape index (κ2) is 13.3. The monoisotopic (exact) mass is 585 g/mol. The van der Waals surface area contributed by atoms with Crippen LogP contribution in [0.25, 0.3) is 22.0 Å². The van der Waals surface area contributed by atoms with Crippen LogP contribution < -0.4 is 5.32 Å². The highest BCUT2D eigenvalue weighted by atomic mass is 19.4. The van der Waals surface area contributed by atoms with E-state index in [1.165, 1.54) is 12.1 Å². The lowest BCUT2D eigenvalue weighted by molar-refractivity contribution is -0.191. The number of nitrogens with one attached hydrogen (secondary N) is 1. The standard InChI is InChI=1S/C33H30F3N3O.CO2/c1-21(2)26-10-7-11-27(18-26)31(33(34,35)36)37-32(40)28-16-17-30-29(19-28)22(3)38-39(30)20-23-12-14-25(15-13-23)24-8-5-4-6-9-24;2-1-3/h4-19,21,31H,20H2,1-3H3,(H,37,40);/t31-;/m1./s1. The van der Waals surface area contributed by atoms with Crippen LogP contribution >= 0.6 is 0 Å². The SMILES string of the molecule is Cc1nn(Cc2ccc(-c3ccccc3)cc2)c2ccc(C(=O)N[C@H](c3cccc(C(C)C)c3)C(F)(F)F)cc12.O=C=O. The number of hydrogen-bond acceptors (Lipinski definition) is 4. The van der Waals surface area contributed by atoms with E-state index in [1.54, 1.807) is 30.3 Å². The average Bonchev–Trinajstić information content (AvgIpc) is 3.30. The molecule has 0 aliphatic carbocycles. The Morgan fingerprint density at radius 1 is 0.860 bits per heavy atom. The topological polar surface area (TPSA) is 81.1 Å². The number of carbonyl (C=O) groups is 1. The fourth-order valence-electron chi connectivity index (χ4n) is 4.87. The van der Waals surface area contributed by atoms with Gasteiger partial charge in [-0.05, 0) is 58.9 Å². The summed E-state index contributed by atoms with van der Waals surface area (Å²) < 4.78 is 44.0. The molecular weight excluding hydrogens is 555 g/mol. The van der Waals surface area contributed by atoms with E-state index in [2.05, 4.69) is 46.8 Å². The molecule has 0 radical (unpaired) electrons. The number of rotatable bonds is 7. The fourth-order valence-corrected chi connectivity index (χ4v) is 4.87. The number of hydrogen-bond donors (Lipinski definition) is 1. The zero-order valence-corrected chi connectivity index (χ0v) is 23.9. The molecule has 0 aliphatic rings. The predicted octanol–water partition coefficient (Wildman–Crippen LogP) is 7.63. The summed E-state index contributed by atoms with van der Waals surface area (Å²) in [6, 6.07) is 27.4. The predicted molar refractivity (Wildman–Crippen MR) is 157 cm³/mol. The molecule has 43 heavy (non-hydrogen) atoms. The molecule has 0 saturated heterocycles. The van der Waals surface area contributed by atoms with Gasteiger partial charge in [0.05, 0.1) is 17.8 Å². The molecule has 0 saturated carbocycles. The Bertz CT molecular complexity index is 1740. The van der Waals surface area contributed by atoms with E-state index >= 15 is 0 Å². The Hall–Kier alpha value is -5.01. The van der Waals surface area contributed by atoms with Crippen LogP contribution in [0.1, 0.15) is 58.5 Å². The third-order valence-corrected chi connectivity index (χ3v) is 7.10. The molecule has 0 fully saturated rings. The van der Waals surface area contributed by atoms with Crippen molar-refractivity contribution in [1.82, 2.24) is 15.1 Å². The number of aromatic nitrogens is 2. The van der Waals surface area contributed by atoms with Gasteiger partial charge in [-0.15, -0.1) is 0 Å². The van der Waals surface area contributed by atoms with Crippen LogP contribution in [0, 0.1) is 6.92 Å². The van der Waals surface area contributed by atoms with Crippen molar-refractivity contribution < 1.29 is 27.6 Å². The minimum absolute atomic E-state index is 0.00964. The number of benzene rings is 4. The Labute approximate surface area is 247 Å². The van der Waals surface area contributed by atoms with Gasteiger partial charge in [-0.1, -0.05) is 92.7 Å². The minimum atomic E-state index is -4.65. The largest absolute Gasteiger partial charge is 0.412 e. The van der Waals surface area contributed by atoms with Gasteiger partial charge in [0.25, 0.3) is 5.91 Å². The van der Waals surface area contributed by atoms with Gasteiger partial charge in [-0.2, -0.15) is 27.9 Å². The second-order valence-electron chi connectivity index (χ2n) is 10.4. The number of halogens is 3. The van der Waals surface area contributed by atoms with Crippen molar-refractivity contribution in [2.24, 2.45) is 0 Å². The van der Waals surface area contributed by atoms with Crippen molar-refractivity contribution in [3.8, 4) is 11.1 Å². The van der Waals surface area contributed by atoms with Gasteiger partial charge in [-0.3, -0.25) is 9.48 Å². The van der Waals surface area contributed by atoms with E-state index < -0.39 is 18.1 Å². The zero-order valence-electron chi connectivity index (χ0n) is 23.9. The van der Waals surface area contributed by atoms with Crippen LogP contribution in [-0.4, -0.2) is 28.0 Å². The molecule has 6 nitrogen and oxygen atoms in total. The van der Waals surface area contributed by atoms with E-state index in [-0.39, 0.29) is 23.2 Å². The molecule has 0 bridgehead atoms. The van der Waals surface area contributed by atoms with E-state index in [1.807, 2.05) is 43.7 Å². The summed E-state index contributed by atoms with van der Waals surface area (Å²) in [6.07, 6.45) is -4.40. The van der Waals surface area contributed by atoms with Crippen molar-refractivity contribution in [2.75, 3.05) is 0 Å². The summed E-state index contributed by atoms with van der Waals surface area (Å²) in [4.78, 5) is 29.3. The Kier molecular flexibility index (Phi) is 9.58. The summed E-state index contributed by atoms with van der Waals surface area (Å²) in [5.74, 6) is -0.726. The van der Waals surface area contributed by atoms with Crippen LogP contribution in [0.3, 0.4) is 0 Å². The van der Waals surface area contributed by atoms with E-state index in [9.17, 15) is 18.0 Å². The highest BCUT2D eigenvalue weighted by Crippen LogP contribution is 2.34. The summed E-state index contributed by atoms with van der Waals surface area (Å²) in [6.45, 7) is 6.18. The molecule has 0 aliphatic heterocycles. The number of carbonyl (C=O) groups excluding carboxylic acids is 3. The van der Waals surface area contributed by atoms with Crippen molar-refractivity contribution in [1.29, 1.82) is 0 Å². The average molecular weight is 586 g/mol. The highest BCUT2D eigenvalue weighted by Gasteiger charge is 2.42. The molecule has 1 atom stereocenters. The molecule has 4 aromatic carbocycles. The van der Waals surface area contributed by atoms with Gasteiger partial charge in [0.15, 0.2) is 6.04 Å². The lowest BCUT2D eigenvalue weighted by Gasteiger charge is -2.23. The van der Waals surface area contributed by atoms with Gasteiger partial charge in [0, 0.05) is 10.9 Å². The molecule has 1 N–H and O–H groups in total. The normalized spacial score (nSPS) is 11.9. The third kappa shape index (κ3) is 7.45. The van der Waals surface area contributed by atoms with Crippen LogP contribution in [0.5, 0.6) is 0 Å². The molecule has 0 unspecified atom stereocenters. The van der Waals surface area contributed by atoms with Gasteiger partial charge in [0.2, 0.25) is 0 Å². The summed E-state index contributed by atoms with van der Waals surface area (Å²) >= 11 is 0. The first-order valence-corrected chi connectivity index (χ1v) is 13.6. The number of fused-ring (bicyclic) bond motifs is 1. The molecule has 5 aromatic rings. The molecule has 0 spiro atoms. The number of nitrogens with zero attached hydrogens (tertiary/aromatic N) is 2. The van der Waals surface area contributed by atoms with Crippen molar-refractivity contribution >= 4 is 23.0 Å².